The van der Waals surface area contributed by atoms with Crippen LogP contribution in [0.25, 0.3) is 0 Å². The zero-order chi connectivity index (χ0) is 14.8. The largest absolute Gasteiger partial charge is 0.444 e. The molecule has 0 radical (unpaired) electrons. The van der Waals surface area contributed by atoms with Gasteiger partial charge in [-0.1, -0.05) is 0 Å². The summed E-state index contributed by atoms with van der Waals surface area (Å²) in [5.74, 6) is 0. The van der Waals surface area contributed by atoms with Crippen LogP contribution in [0.4, 0.5) is 16.2 Å². The summed E-state index contributed by atoms with van der Waals surface area (Å²) in [5.41, 5.74) is 6.99. The Labute approximate surface area is 119 Å². The van der Waals surface area contributed by atoms with Gasteiger partial charge in [0.15, 0.2) is 0 Å². The predicted molar refractivity (Wildman–Crippen MR) is 78.4 cm³/mol. The molecule has 1 fully saturated rings. The molecule has 0 atom stereocenters. The molecule has 0 aromatic carbocycles. The lowest BCUT2D eigenvalue weighted by molar-refractivity contribution is 0.0226. The number of amides is 1. The maximum Gasteiger partial charge on any atom is 0.411 e. The van der Waals surface area contributed by atoms with Gasteiger partial charge in [0, 0.05) is 19.3 Å². The van der Waals surface area contributed by atoms with E-state index in [0.29, 0.717) is 18.9 Å². The minimum absolute atomic E-state index is 0.283. The van der Waals surface area contributed by atoms with Gasteiger partial charge in [-0.3, -0.25) is 9.88 Å². The summed E-state index contributed by atoms with van der Waals surface area (Å²) in [5, 5.41) is 0. The molecule has 20 heavy (non-hydrogen) atoms. The van der Waals surface area contributed by atoms with Crippen LogP contribution in [0.5, 0.6) is 0 Å². The van der Waals surface area contributed by atoms with Gasteiger partial charge in [-0.05, 0) is 33.3 Å². The van der Waals surface area contributed by atoms with Crippen LogP contribution in [0, 0.1) is 0 Å². The number of hydrogen-bond acceptors (Lipinski definition) is 5. The fourth-order valence-corrected chi connectivity index (χ4v) is 2.16. The highest BCUT2D eigenvalue weighted by Gasteiger charge is 2.27. The normalized spacial score (nSPS) is 16.1. The molecule has 1 amide bonds. The fourth-order valence-electron chi connectivity index (χ4n) is 2.16. The molecule has 0 unspecified atom stereocenters. The van der Waals surface area contributed by atoms with E-state index >= 15 is 0 Å². The quantitative estimate of drug-likeness (QED) is 0.851. The summed E-state index contributed by atoms with van der Waals surface area (Å²) in [7, 11) is 0. The molecule has 2 heterocycles. The SMILES string of the molecule is CC(C)(C)OC(=O)N1CCCN(c2ccncc2N)C1. The molecule has 0 aliphatic carbocycles. The lowest BCUT2D eigenvalue weighted by Gasteiger charge is -2.37. The van der Waals surface area contributed by atoms with Crippen molar-refractivity contribution in [3.63, 3.8) is 0 Å². The molecule has 2 N–H and O–H groups in total. The zero-order valence-electron chi connectivity index (χ0n) is 12.3. The smallest absolute Gasteiger partial charge is 0.411 e. The number of ether oxygens (including phenoxy) is 1. The summed E-state index contributed by atoms with van der Waals surface area (Å²) < 4.78 is 5.41. The summed E-state index contributed by atoms with van der Waals surface area (Å²) in [6.45, 7) is 7.67. The van der Waals surface area contributed by atoms with Crippen molar-refractivity contribution in [3.05, 3.63) is 18.5 Å². The van der Waals surface area contributed by atoms with Gasteiger partial charge in [-0.2, -0.15) is 0 Å². The van der Waals surface area contributed by atoms with Crippen LogP contribution in [0.2, 0.25) is 0 Å². The minimum Gasteiger partial charge on any atom is -0.444 e. The van der Waals surface area contributed by atoms with E-state index in [1.165, 1.54) is 0 Å². The average molecular weight is 278 g/mol. The molecule has 1 aliphatic rings. The molecular weight excluding hydrogens is 256 g/mol. The van der Waals surface area contributed by atoms with Crippen molar-refractivity contribution in [3.8, 4) is 0 Å². The van der Waals surface area contributed by atoms with Crippen molar-refractivity contribution in [1.29, 1.82) is 0 Å². The molecule has 6 heteroatoms. The highest BCUT2D eigenvalue weighted by Crippen LogP contribution is 2.24. The highest BCUT2D eigenvalue weighted by atomic mass is 16.6. The maximum absolute atomic E-state index is 12.1. The molecule has 1 aromatic heterocycles. The van der Waals surface area contributed by atoms with Crippen molar-refractivity contribution in [2.75, 3.05) is 30.4 Å². The van der Waals surface area contributed by atoms with Crippen LogP contribution in [-0.2, 0) is 4.74 Å². The molecule has 6 nitrogen and oxygen atoms in total. The minimum atomic E-state index is -0.477. The third-order valence-electron chi connectivity index (χ3n) is 3.02. The van der Waals surface area contributed by atoms with Crippen molar-refractivity contribution in [1.82, 2.24) is 9.88 Å². The first-order valence-electron chi connectivity index (χ1n) is 6.79. The van der Waals surface area contributed by atoms with Crippen molar-refractivity contribution >= 4 is 17.5 Å². The van der Waals surface area contributed by atoms with Gasteiger partial charge in [0.1, 0.15) is 5.60 Å². The molecule has 1 aromatic rings. The zero-order valence-corrected chi connectivity index (χ0v) is 12.3. The lowest BCUT2D eigenvalue weighted by Crippen LogP contribution is -2.49. The van der Waals surface area contributed by atoms with E-state index in [-0.39, 0.29) is 6.09 Å². The van der Waals surface area contributed by atoms with Gasteiger partial charge < -0.3 is 15.4 Å². The number of aromatic nitrogens is 1. The van der Waals surface area contributed by atoms with E-state index in [1.807, 2.05) is 26.8 Å². The maximum atomic E-state index is 12.1. The second-order valence-corrected chi connectivity index (χ2v) is 5.94. The van der Waals surface area contributed by atoms with E-state index in [4.69, 9.17) is 10.5 Å². The number of nitrogens with zero attached hydrogens (tertiary/aromatic N) is 3. The number of anilines is 2. The summed E-state index contributed by atoms with van der Waals surface area (Å²) in [6.07, 6.45) is 3.94. The topological polar surface area (TPSA) is 71.7 Å². The van der Waals surface area contributed by atoms with Crippen LogP contribution in [-0.4, -0.2) is 41.3 Å². The molecule has 0 spiro atoms. The molecule has 1 aliphatic heterocycles. The van der Waals surface area contributed by atoms with Crippen LogP contribution in [0.15, 0.2) is 18.5 Å². The standard InChI is InChI=1S/C14H22N4O2/c1-14(2,3)20-13(19)18-8-4-7-17(10-18)12-5-6-16-9-11(12)15/h5-6,9H,4,7-8,10,15H2,1-3H3. The Hall–Kier alpha value is -1.98. The first-order chi connectivity index (χ1) is 9.37. The molecule has 2 rings (SSSR count). The van der Waals surface area contributed by atoms with Crippen LogP contribution in [0.3, 0.4) is 0 Å². The molecular formula is C14H22N4O2. The average Bonchev–Trinajstić information content (AvgIpc) is 2.37. The van der Waals surface area contributed by atoms with E-state index in [0.717, 1.165) is 18.7 Å². The fraction of sp³-hybridized carbons (Fsp3) is 0.571. The van der Waals surface area contributed by atoms with E-state index in [2.05, 4.69) is 9.88 Å². The highest BCUT2D eigenvalue weighted by molar-refractivity contribution is 5.71. The molecule has 0 bridgehead atoms. The molecule has 0 saturated carbocycles. The second-order valence-electron chi connectivity index (χ2n) is 5.94. The van der Waals surface area contributed by atoms with Crippen molar-refractivity contribution in [2.45, 2.75) is 32.8 Å². The van der Waals surface area contributed by atoms with Gasteiger partial charge in [0.05, 0.1) is 24.2 Å². The second kappa shape index (κ2) is 5.56. The Morgan fingerprint density at radius 1 is 1.40 bits per heavy atom. The lowest BCUT2D eigenvalue weighted by atomic mass is 10.2. The monoisotopic (exact) mass is 278 g/mol. The van der Waals surface area contributed by atoms with Gasteiger partial charge in [-0.15, -0.1) is 0 Å². The van der Waals surface area contributed by atoms with Gasteiger partial charge in [0.25, 0.3) is 0 Å². The van der Waals surface area contributed by atoms with Crippen LogP contribution >= 0.6 is 0 Å². The van der Waals surface area contributed by atoms with Crippen molar-refractivity contribution < 1.29 is 9.53 Å². The Morgan fingerprint density at radius 2 is 2.15 bits per heavy atom. The van der Waals surface area contributed by atoms with Crippen molar-refractivity contribution in [2.24, 2.45) is 0 Å². The number of carbonyl (C=O) groups excluding carboxylic acids is 1. The van der Waals surface area contributed by atoms with E-state index in [9.17, 15) is 4.79 Å². The summed E-state index contributed by atoms with van der Waals surface area (Å²) in [6, 6.07) is 1.87. The Morgan fingerprint density at radius 3 is 2.80 bits per heavy atom. The third-order valence-corrected chi connectivity index (χ3v) is 3.02. The van der Waals surface area contributed by atoms with Crippen LogP contribution < -0.4 is 10.6 Å². The number of carbonyl (C=O) groups is 1. The molecule has 110 valence electrons. The Bertz CT molecular complexity index is 484. The van der Waals surface area contributed by atoms with Gasteiger partial charge in [-0.25, -0.2) is 4.79 Å². The van der Waals surface area contributed by atoms with Crippen LogP contribution in [0.1, 0.15) is 27.2 Å². The van der Waals surface area contributed by atoms with E-state index < -0.39 is 5.60 Å². The van der Waals surface area contributed by atoms with Gasteiger partial charge >= 0.3 is 6.09 Å². The first-order valence-corrected chi connectivity index (χ1v) is 6.79. The summed E-state index contributed by atoms with van der Waals surface area (Å²) in [4.78, 5) is 19.9. The van der Waals surface area contributed by atoms with E-state index in [1.54, 1.807) is 17.3 Å². The number of pyridine rings is 1. The summed E-state index contributed by atoms with van der Waals surface area (Å²) >= 11 is 0. The predicted octanol–water partition coefficient (Wildman–Crippen LogP) is 2.07. The Balaban J connectivity index is 2.06. The number of nitrogens with two attached hydrogens (primary N) is 1. The number of hydrogen-bond donors (Lipinski definition) is 1. The first kappa shape index (κ1) is 14.4. The number of nitrogen functional groups attached to an aromatic ring is 1. The molecule has 1 saturated heterocycles. The third kappa shape index (κ3) is 3.53. The van der Waals surface area contributed by atoms with Gasteiger partial charge in [0.2, 0.25) is 0 Å². The number of rotatable bonds is 1. The Kier molecular flexibility index (Phi) is 4.01.